The highest BCUT2D eigenvalue weighted by Crippen LogP contribution is 2.38. The summed E-state index contributed by atoms with van der Waals surface area (Å²) in [6, 6.07) is 18.1. The molecule has 144 valence electrons. The molecule has 4 rings (SSSR count). The Balaban J connectivity index is 1.69. The van der Waals surface area contributed by atoms with Gasteiger partial charge >= 0.3 is 5.97 Å². The Labute approximate surface area is 171 Å². The van der Waals surface area contributed by atoms with Crippen molar-refractivity contribution in [2.45, 2.75) is 6.92 Å². The summed E-state index contributed by atoms with van der Waals surface area (Å²) in [6.07, 6.45) is 1.34. The fourth-order valence-electron chi connectivity index (χ4n) is 3.22. The van der Waals surface area contributed by atoms with Gasteiger partial charge in [0.05, 0.1) is 12.2 Å². The maximum absolute atomic E-state index is 12.6. The zero-order valence-corrected chi connectivity index (χ0v) is 16.4. The van der Waals surface area contributed by atoms with Crippen LogP contribution in [0.4, 0.5) is 5.00 Å². The van der Waals surface area contributed by atoms with Crippen molar-refractivity contribution in [3.8, 4) is 10.4 Å². The summed E-state index contributed by atoms with van der Waals surface area (Å²) in [6.45, 7) is 1.98. The molecular weight excluding hydrogens is 386 g/mol. The lowest BCUT2D eigenvalue weighted by atomic mass is 10.1. The largest absolute Gasteiger partial charge is 0.462 e. The second-order valence-electron chi connectivity index (χ2n) is 6.45. The van der Waals surface area contributed by atoms with E-state index in [0.29, 0.717) is 21.7 Å². The van der Waals surface area contributed by atoms with Gasteiger partial charge in [-0.1, -0.05) is 54.6 Å². The van der Waals surface area contributed by atoms with Crippen LogP contribution in [0.1, 0.15) is 38.0 Å². The highest BCUT2D eigenvalue weighted by atomic mass is 32.1. The monoisotopic (exact) mass is 403 g/mol. The Morgan fingerprint density at radius 1 is 1.03 bits per heavy atom. The summed E-state index contributed by atoms with van der Waals surface area (Å²) < 4.78 is 5.14. The van der Waals surface area contributed by atoms with Crippen LogP contribution in [0.25, 0.3) is 10.4 Å². The van der Waals surface area contributed by atoms with Gasteiger partial charge in [-0.3, -0.25) is 9.59 Å². The van der Waals surface area contributed by atoms with Crippen molar-refractivity contribution in [2.75, 3.05) is 6.61 Å². The molecule has 1 aliphatic carbocycles. The van der Waals surface area contributed by atoms with Gasteiger partial charge in [-0.25, -0.2) is 9.79 Å². The number of Topliss-reactive ketones (excluding diaryl/α,β-unsaturated/α-hetero) is 2. The number of carbonyl (C=O) groups excluding carboxylic acids is 3. The molecule has 0 radical (unpaired) electrons. The Morgan fingerprint density at radius 2 is 1.66 bits per heavy atom. The number of esters is 1. The van der Waals surface area contributed by atoms with Crippen LogP contribution in [0.2, 0.25) is 0 Å². The first-order valence-corrected chi connectivity index (χ1v) is 9.99. The van der Waals surface area contributed by atoms with Crippen LogP contribution in [-0.2, 0) is 4.74 Å². The normalized spacial score (nSPS) is 13.8. The molecule has 1 aromatic heterocycles. The van der Waals surface area contributed by atoms with E-state index < -0.39 is 11.9 Å². The number of aliphatic imine (C=N–C) groups is 1. The number of ether oxygens (including phenoxy) is 1. The van der Waals surface area contributed by atoms with Gasteiger partial charge in [-0.05, 0) is 18.6 Å². The lowest BCUT2D eigenvalue weighted by Gasteiger charge is -2.01. The van der Waals surface area contributed by atoms with Crippen molar-refractivity contribution in [1.29, 1.82) is 0 Å². The molecule has 0 bridgehead atoms. The van der Waals surface area contributed by atoms with E-state index in [0.717, 1.165) is 10.4 Å². The molecule has 0 amide bonds. The predicted octanol–water partition coefficient (Wildman–Crippen LogP) is 4.99. The molecule has 0 saturated heterocycles. The van der Waals surface area contributed by atoms with E-state index in [1.807, 2.05) is 30.3 Å². The minimum Gasteiger partial charge on any atom is -0.462 e. The average molecular weight is 403 g/mol. The molecule has 0 spiro atoms. The van der Waals surface area contributed by atoms with Crippen LogP contribution in [0.5, 0.6) is 0 Å². The fourth-order valence-corrected chi connectivity index (χ4v) is 4.23. The second-order valence-corrected chi connectivity index (χ2v) is 7.48. The van der Waals surface area contributed by atoms with Gasteiger partial charge in [0.1, 0.15) is 10.9 Å². The Bertz CT molecular complexity index is 1100. The van der Waals surface area contributed by atoms with E-state index in [4.69, 9.17) is 4.74 Å². The number of benzene rings is 2. The van der Waals surface area contributed by atoms with Crippen molar-refractivity contribution in [2.24, 2.45) is 10.9 Å². The van der Waals surface area contributed by atoms with Crippen molar-refractivity contribution >= 4 is 40.1 Å². The van der Waals surface area contributed by atoms with Gasteiger partial charge in [0, 0.05) is 22.2 Å². The maximum Gasteiger partial charge on any atom is 0.341 e. The first-order chi connectivity index (χ1) is 14.1. The smallest absolute Gasteiger partial charge is 0.341 e. The summed E-state index contributed by atoms with van der Waals surface area (Å²) in [5.41, 5.74) is 2.10. The van der Waals surface area contributed by atoms with Gasteiger partial charge < -0.3 is 4.74 Å². The number of nitrogens with zero attached hydrogens (tertiary/aromatic N) is 1. The molecule has 0 atom stereocenters. The molecule has 6 heteroatoms. The summed E-state index contributed by atoms with van der Waals surface area (Å²) in [4.78, 5) is 42.8. The van der Waals surface area contributed by atoms with Crippen molar-refractivity contribution in [3.63, 3.8) is 0 Å². The third-order valence-electron chi connectivity index (χ3n) is 4.63. The minimum atomic E-state index is -0.968. The lowest BCUT2D eigenvalue weighted by molar-refractivity contribution is 0.0527. The van der Waals surface area contributed by atoms with Gasteiger partial charge in [0.2, 0.25) is 0 Å². The summed E-state index contributed by atoms with van der Waals surface area (Å²) in [7, 11) is 0. The maximum atomic E-state index is 12.6. The molecule has 1 aliphatic rings. The van der Waals surface area contributed by atoms with E-state index in [2.05, 4.69) is 4.99 Å². The molecule has 29 heavy (non-hydrogen) atoms. The van der Waals surface area contributed by atoms with Crippen LogP contribution in [-0.4, -0.2) is 30.4 Å². The average Bonchev–Trinajstić information content (AvgIpc) is 3.28. The van der Waals surface area contributed by atoms with E-state index in [9.17, 15) is 14.4 Å². The Kier molecular flexibility index (Phi) is 5.18. The van der Waals surface area contributed by atoms with Gasteiger partial charge in [-0.15, -0.1) is 11.3 Å². The van der Waals surface area contributed by atoms with Crippen LogP contribution in [0, 0.1) is 5.92 Å². The van der Waals surface area contributed by atoms with Crippen LogP contribution < -0.4 is 0 Å². The second kappa shape index (κ2) is 7.93. The zero-order chi connectivity index (χ0) is 20.4. The van der Waals surface area contributed by atoms with E-state index in [1.54, 1.807) is 37.3 Å². The van der Waals surface area contributed by atoms with Crippen molar-refractivity contribution < 1.29 is 19.1 Å². The number of rotatable bonds is 5. The lowest BCUT2D eigenvalue weighted by Crippen LogP contribution is -2.16. The fraction of sp³-hybridized carbons (Fsp3) is 0.130. The highest BCUT2D eigenvalue weighted by Gasteiger charge is 2.37. The number of fused-ring (bicyclic) bond motifs is 1. The molecule has 0 fully saturated rings. The molecule has 0 aliphatic heterocycles. The first kappa shape index (κ1) is 19.0. The number of thiophene rings is 1. The molecule has 5 nitrogen and oxygen atoms in total. The number of hydrogen-bond donors (Lipinski definition) is 0. The van der Waals surface area contributed by atoms with E-state index in [-0.39, 0.29) is 18.2 Å². The third kappa shape index (κ3) is 3.54. The molecular formula is C23H17NO4S. The third-order valence-corrected chi connectivity index (χ3v) is 5.72. The SMILES string of the molecule is CCOC(=O)c1cc(-c2ccccc2)sc1N=CC1C(=O)c2ccccc2C1=O. The van der Waals surface area contributed by atoms with Gasteiger partial charge in [0.15, 0.2) is 11.6 Å². The number of carbonyl (C=O) groups is 3. The molecule has 2 aromatic carbocycles. The summed E-state index contributed by atoms with van der Waals surface area (Å²) in [5, 5.41) is 0.416. The van der Waals surface area contributed by atoms with Crippen molar-refractivity contribution in [1.82, 2.24) is 0 Å². The minimum absolute atomic E-state index is 0.243. The molecule has 0 saturated carbocycles. The van der Waals surface area contributed by atoms with Crippen LogP contribution in [0.15, 0.2) is 65.7 Å². The van der Waals surface area contributed by atoms with E-state index >= 15 is 0 Å². The van der Waals surface area contributed by atoms with Gasteiger partial charge in [-0.2, -0.15) is 0 Å². The summed E-state index contributed by atoms with van der Waals surface area (Å²) in [5.74, 6) is -1.99. The highest BCUT2D eigenvalue weighted by molar-refractivity contribution is 7.19. The Hall–Kier alpha value is -3.38. The first-order valence-electron chi connectivity index (χ1n) is 9.18. The van der Waals surface area contributed by atoms with Crippen LogP contribution >= 0.6 is 11.3 Å². The topological polar surface area (TPSA) is 72.8 Å². The Morgan fingerprint density at radius 3 is 2.28 bits per heavy atom. The van der Waals surface area contributed by atoms with Crippen molar-refractivity contribution in [3.05, 3.63) is 77.4 Å². The quantitative estimate of drug-likeness (QED) is 0.342. The number of hydrogen-bond acceptors (Lipinski definition) is 6. The zero-order valence-electron chi connectivity index (χ0n) is 15.6. The summed E-state index contributed by atoms with van der Waals surface area (Å²) >= 11 is 1.32. The number of ketones is 2. The molecule has 0 unspecified atom stereocenters. The van der Waals surface area contributed by atoms with Gasteiger partial charge in [0.25, 0.3) is 0 Å². The molecule has 0 N–H and O–H groups in total. The van der Waals surface area contributed by atoms with Crippen LogP contribution in [0.3, 0.4) is 0 Å². The predicted molar refractivity (Wildman–Crippen MR) is 112 cm³/mol. The van der Waals surface area contributed by atoms with E-state index in [1.165, 1.54) is 17.6 Å². The molecule has 3 aromatic rings. The standard InChI is InChI=1S/C23H17NO4S/c1-2-28-23(27)17-12-19(14-8-4-3-5-9-14)29-22(17)24-13-18-20(25)15-10-6-7-11-16(15)21(18)26/h3-13,18H,2H2,1H3. The molecule has 1 heterocycles.